The summed E-state index contributed by atoms with van der Waals surface area (Å²) in [5.74, 6) is 2.08. The van der Waals surface area contributed by atoms with E-state index in [0.717, 1.165) is 33.6 Å². The molecule has 2 atom stereocenters. The second-order valence-corrected chi connectivity index (χ2v) is 10.8. The maximum Gasteiger partial charge on any atom is 0.256 e. The number of nitrogens with one attached hydrogen (secondary N) is 2. The van der Waals surface area contributed by atoms with E-state index in [9.17, 15) is 4.79 Å². The molecule has 186 valence electrons. The van der Waals surface area contributed by atoms with E-state index in [4.69, 9.17) is 23.2 Å². The fourth-order valence-corrected chi connectivity index (χ4v) is 6.15. The van der Waals surface area contributed by atoms with Gasteiger partial charge >= 0.3 is 0 Å². The first-order valence-corrected chi connectivity index (χ1v) is 13.5. The number of aromatic amines is 1. The standard InChI is InChI=1S/C26H21Cl2N7OS/c1-14(23-33-20-3-2-16(27)10-22(20)34-23)32-24-18-11-19(28)17(12-21(18)30-13-31-24)25(36)35-8-9-37-26(35)15-4-6-29-7-5-15/h2-7,10-14,26H,8-9H2,1H3,(H,33,34)(H,30,31,32)/t14-,26-/m0/s1. The average molecular weight is 550 g/mol. The van der Waals surface area contributed by atoms with Crippen LogP contribution in [0.1, 0.15) is 40.1 Å². The molecule has 3 aromatic heterocycles. The molecule has 0 bridgehead atoms. The summed E-state index contributed by atoms with van der Waals surface area (Å²) in [6, 6.07) is 12.7. The molecule has 2 N–H and O–H groups in total. The van der Waals surface area contributed by atoms with Crippen LogP contribution in [0.15, 0.2) is 61.2 Å². The van der Waals surface area contributed by atoms with Crippen molar-refractivity contribution in [2.45, 2.75) is 18.3 Å². The molecule has 0 aliphatic carbocycles. The zero-order valence-corrected chi connectivity index (χ0v) is 22.0. The molecule has 1 saturated heterocycles. The summed E-state index contributed by atoms with van der Waals surface area (Å²) in [6.45, 7) is 2.62. The Morgan fingerprint density at radius 2 is 1.97 bits per heavy atom. The molecule has 0 saturated carbocycles. The van der Waals surface area contributed by atoms with Crippen molar-refractivity contribution in [2.24, 2.45) is 0 Å². The van der Waals surface area contributed by atoms with Gasteiger partial charge in [0.15, 0.2) is 0 Å². The van der Waals surface area contributed by atoms with Crippen LogP contribution in [0.3, 0.4) is 0 Å². The van der Waals surface area contributed by atoms with Crippen molar-refractivity contribution in [1.29, 1.82) is 0 Å². The number of fused-ring (bicyclic) bond motifs is 2. The Morgan fingerprint density at radius 3 is 2.81 bits per heavy atom. The summed E-state index contributed by atoms with van der Waals surface area (Å²) in [6.07, 6.45) is 4.96. The maximum absolute atomic E-state index is 13.6. The van der Waals surface area contributed by atoms with Gasteiger partial charge in [0.2, 0.25) is 0 Å². The second-order valence-electron chi connectivity index (χ2n) is 8.72. The number of thioether (sulfide) groups is 1. The number of benzene rings is 2. The van der Waals surface area contributed by atoms with Gasteiger partial charge in [-0.3, -0.25) is 9.78 Å². The lowest BCUT2D eigenvalue weighted by molar-refractivity contribution is 0.0760. The Balaban J connectivity index is 1.29. The Bertz CT molecular complexity index is 1630. The summed E-state index contributed by atoms with van der Waals surface area (Å²) in [4.78, 5) is 36.3. The molecule has 2 aromatic carbocycles. The van der Waals surface area contributed by atoms with Gasteiger partial charge in [-0.25, -0.2) is 15.0 Å². The van der Waals surface area contributed by atoms with Crippen LogP contribution < -0.4 is 5.32 Å². The largest absolute Gasteiger partial charge is 0.360 e. The van der Waals surface area contributed by atoms with E-state index in [2.05, 4.69) is 30.2 Å². The van der Waals surface area contributed by atoms with Crippen LogP contribution in [0, 0.1) is 0 Å². The highest BCUT2D eigenvalue weighted by molar-refractivity contribution is 7.99. The van der Waals surface area contributed by atoms with Gasteiger partial charge in [0.05, 0.1) is 33.2 Å². The number of aromatic nitrogens is 5. The van der Waals surface area contributed by atoms with E-state index in [1.54, 1.807) is 36.3 Å². The molecular formula is C26H21Cl2N7OS. The van der Waals surface area contributed by atoms with E-state index in [0.29, 0.717) is 33.5 Å². The molecule has 4 heterocycles. The molecule has 6 rings (SSSR count). The normalized spacial score (nSPS) is 16.4. The predicted molar refractivity (Wildman–Crippen MR) is 148 cm³/mol. The van der Waals surface area contributed by atoms with E-state index in [1.807, 2.05) is 42.2 Å². The van der Waals surface area contributed by atoms with Crippen molar-refractivity contribution in [3.63, 3.8) is 0 Å². The van der Waals surface area contributed by atoms with Crippen molar-refractivity contribution >= 4 is 68.6 Å². The first kappa shape index (κ1) is 24.0. The van der Waals surface area contributed by atoms with Crippen LogP contribution in [0.5, 0.6) is 0 Å². The Kier molecular flexibility index (Phi) is 6.36. The number of anilines is 1. The Morgan fingerprint density at radius 1 is 1.14 bits per heavy atom. The number of halogens is 2. The zero-order valence-electron chi connectivity index (χ0n) is 19.7. The van der Waals surface area contributed by atoms with Crippen LogP contribution in [0.25, 0.3) is 21.9 Å². The van der Waals surface area contributed by atoms with Crippen molar-refractivity contribution < 1.29 is 4.79 Å². The number of H-pyrrole nitrogens is 1. The molecular weight excluding hydrogens is 529 g/mol. The summed E-state index contributed by atoms with van der Waals surface area (Å²) < 4.78 is 0. The minimum atomic E-state index is -0.188. The topological polar surface area (TPSA) is 99.7 Å². The lowest BCUT2D eigenvalue weighted by Gasteiger charge is -2.24. The number of amides is 1. The molecule has 1 aliphatic heterocycles. The first-order chi connectivity index (χ1) is 18.0. The first-order valence-electron chi connectivity index (χ1n) is 11.7. The summed E-state index contributed by atoms with van der Waals surface area (Å²) in [5, 5.41) is 5.03. The molecule has 1 fully saturated rings. The minimum absolute atomic E-state index is 0.0792. The lowest BCUT2D eigenvalue weighted by Crippen LogP contribution is -2.30. The third-order valence-corrected chi connectivity index (χ3v) is 8.13. The quantitative estimate of drug-likeness (QED) is 0.266. The lowest BCUT2D eigenvalue weighted by atomic mass is 10.1. The summed E-state index contributed by atoms with van der Waals surface area (Å²) >= 11 is 14.5. The van der Waals surface area contributed by atoms with Crippen LogP contribution in [0.2, 0.25) is 10.0 Å². The van der Waals surface area contributed by atoms with Gasteiger partial charge in [-0.05, 0) is 55.0 Å². The average Bonchev–Trinajstić information content (AvgIpc) is 3.56. The van der Waals surface area contributed by atoms with Gasteiger partial charge in [-0.2, -0.15) is 0 Å². The minimum Gasteiger partial charge on any atom is -0.360 e. The highest BCUT2D eigenvalue weighted by atomic mass is 35.5. The van der Waals surface area contributed by atoms with E-state index >= 15 is 0 Å². The van der Waals surface area contributed by atoms with Crippen molar-refractivity contribution in [2.75, 3.05) is 17.6 Å². The van der Waals surface area contributed by atoms with Gasteiger partial charge in [0.25, 0.3) is 5.91 Å². The fraction of sp³-hybridized carbons (Fsp3) is 0.192. The van der Waals surface area contributed by atoms with Gasteiger partial charge in [-0.15, -0.1) is 11.8 Å². The van der Waals surface area contributed by atoms with Crippen LogP contribution in [-0.4, -0.2) is 48.0 Å². The van der Waals surface area contributed by atoms with Crippen molar-refractivity contribution in [3.8, 4) is 0 Å². The number of hydrogen-bond acceptors (Lipinski definition) is 7. The molecule has 8 nitrogen and oxygen atoms in total. The van der Waals surface area contributed by atoms with Crippen molar-refractivity contribution in [3.05, 3.63) is 88.2 Å². The number of rotatable bonds is 5. The van der Waals surface area contributed by atoms with E-state index in [1.165, 1.54) is 6.33 Å². The highest BCUT2D eigenvalue weighted by Crippen LogP contribution is 2.39. The van der Waals surface area contributed by atoms with Gasteiger partial charge in [0.1, 0.15) is 23.3 Å². The van der Waals surface area contributed by atoms with E-state index < -0.39 is 0 Å². The monoisotopic (exact) mass is 549 g/mol. The zero-order chi connectivity index (χ0) is 25.5. The van der Waals surface area contributed by atoms with Crippen LogP contribution in [-0.2, 0) is 0 Å². The number of carbonyl (C=O) groups excluding carboxylic acids is 1. The number of imidazole rings is 1. The molecule has 0 radical (unpaired) electrons. The van der Waals surface area contributed by atoms with E-state index in [-0.39, 0.29) is 17.3 Å². The van der Waals surface area contributed by atoms with Crippen LogP contribution >= 0.6 is 35.0 Å². The summed E-state index contributed by atoms with van der Waals surface area (Å²) in [7, 11) is 0. The third-order valence-electron chi connectivity index (χ3n) is 6.32. The van der Waals surface area contributed by atoms with Gasteiger partial charge < -0.3 is 15.2 Å². The molecule has 0 unspecified atom stereocenters. The summed E-state index contributed by atoms with van der Waals surface area (Å²) in [5.41, 5.74) is 3.78. The molecule has 1 aliphatic rings. The predicted octanol–water partition coefficient (Wildman–Crippen LogP) is 6.27. The van der Waals surface area contributed by atoms with Gasteiger partial charge in [0, 0.05) is 35.1 Å². The molecule has 1 amide bonds. The Hall–Kier alpha value is -3.40. The number of pyridine rings is 1. The third kappa shape index (κ3) is 4.58. The smallest absolute Gasteiger partial charge is 0.256 e. The number of hydrogen-bond donors (Lipinski definition) is 2. The second kappa shape index (κ2) is 9.81. The van der Waals surface area contributed by atoms with Gasteiger partial charge in [-0.1, -0.05) is 23.2 Å². The molecule has 0 spiro atoms. The number of nitrogens with zero attached hydrogens (tertiary/aromatic N) is 5. The van der Waals surface area contributed by atoms with Crippen LogP contribution in [0.4, 0.5) is 5.82 Å². The highest BCUT2D eigenvalue weighted by Gasteiger charge is 2.32. The SMILES string of the molecule is C[C@H](Nc1ncnc2cc(C(=O)N3CCS[C@H]3c3ccncc3)c(Cl)cc12)c1nc2ccc(Cl)cc2[nH]1. The molecule has 5 aromatic rings. The maximum atomic E-state index is 13.6. The molecule has 37 heavy (non-hydrogen) atoms. The number of carbonyl (C=O) groups is 1. The molecule has 11 heteroatoms. The van der Waals surface area contributed by atoms with Crippen molar-refractivity contribution in [1.82, 2.24) is 29.8 Å². The Labute approximate surface area is 226 Å². The fourth-order valence-electron chi connectivity index (χ4n) is 4.47.